The summed E-state index contributed by atoms with van der Waals surface area (Å²) in [7, 11) is -4.67. The minimum absolute atomic E-state index is 0. The molecule has 9 heteroatoms. The Bertz CT molecular complexity index is 92.1. The van der Waals surface area contributed by atoms with Gasteiger partial charge in [-0.25, -0.2) is 0 Å². The van der Waals surface area contributed by atoms with Gasteiger partial charge in [-0.1, -0.05) is 0 Å². The van der Waals surface area contributed by atoms with Crippen LogP contribution in [-0.2, 0) is 43.1 Å². The van der Waals surface area contributed by atoms with Gasteiger partial charge in [0.25, 0.3) is 0 Å². The summed E-state index contributed by atoms with van der Waals surface area (Å²) in [4.78, 5) is 0. The molecule has 4 N–H and O–H groups in total. The minimum Gasteiger partial charge on any atom is -2.00 e. The number of hydrogen-bond acceptors (Lipinski definition) is 2. The Kier molecular flexibility index (Phi) is 42.7. The quantitative estimate of drug-likeness (QED) is 0.347. The standard InChI is InChI=1S/H2O4S.H2O.2O.Ti/c1-5(2,3)4;;;;/h(H2,1,2,3,4);1H2;;;/q;;2*-2;+4. The van der Waals surface area contributed by atoms with E-state index < -0.39 is 10.4 Å². The van der Waals surface area contributed by atoms with Crippen LogP contribution >= 0.6 is 0 Å². The Balaban J connectivity index is -0.0000000133. The van der Waals surface area contributed by atoms with E-state index in [0.29, 0.717) is 0 Å². The van der Waals surface area contributed by atoms with Crippen LogP contribution in [0.15, 0.2) is 0 Å². The van der Waals surface area contributed by atoms with Crippen molar-refractivity contribution in [1.82, 2.24) is 0 Å². The van der Waals surface area contributed by atoms with E-state index in [4.69, 9.17) is 17.5 Å². The van der Waals surface area contributed by atoms with Crippen molar-refractivity contribution in [2.75, 3.05) is 0 Å². The van der Waals surface area contributed by atoms with E-state index in [1.807, 2.05) is 0 Å². The van der Waals surface area contributed by atoms with E-state index in [1.54, 1.807) is 0 Å². The topological polar surface area (TPSA) is 163 Å². The van der Waals surface area contributed by atoms with Crippen molar-refractivity contribution in [2.45, 2.75) is 0 Å². The second-order valence-electron chi connectivity index (χ2n) is 0.448. The molecule has 0 aromatic rings. The third-order valence-electron chi connectivity index (χ3n) is 0. The van der Waals surface area contributed by atoms with Crippen molar-refractivity contribution in [2.24, 2.45) is 0 Å². The summed E-state index contributed by atoms with van der Waals surface area (Å²) in [5.74, 6) is 0. The second-order valence-corrected chi connectivity index (χ2v) is 1.34. The van der Waals surface area contributed by atoms with E-state index >= 15 is 0 Å². The van der Waals surface area contributed by atoms with Gasteiger partial charge in [0.1, 0.15) is 0 Å². The molecule has 0 atom stereocenters. The van der Waals surface area contributed by atoms with Gasteiger partial charge in [0.05, 0.1) is 0 Å². The van der Waals surface area contributed by atoms with Crippen LogP contribution in [0.3, 0.4) is 0 Å². The zero-order valence-electron chi connectivity index (χ0n) is 3.94. The first-order chi connectivity index (χ1) is 2.00. The summed E-state index contributed by atoms with van der Waals surface area (Å²) >= 11 is 0. The van der Waals surface area contributed by atoms with Crippen LogP contribution in [0.5, 0.6) is 0 Å². The molecule has 0 unspecified atom stereocenters. The molecular weight excluding hydrogens is 192 g/mol. The Hall–Kier alpha value is 0.464. The van der Waals surface area contributed by atoms with Crippen molar-refractivity contribution < 1.29 is 55.7 Å². The van der Waals surface area contributed by atoms with Crippen molar-refractivity contribution in [3.8, 4) is 0 Å². The molecule has 0 radical (unpaired) electrons. The molecule has 9 heavy (non-hydrogen) atoms. The average Bonchev–Trinajstić information content (AvgIpc) is 0.722. The maximum absolute atomic E-state index is 8.74. The molecule has 0 aliphatic rings. The van der Waals surface area contributed by atoms with E-state index in [1.165, 1.54) is 0 Å². The fourth-order valence-corrected chi connectivity index (χ4v) is 0. The van der Waals surface area contributed by atoms with E-state index in [2.05, 4.69) is 0 Å². The third kappa shape index (κ3) is 1640. The van der Waals surface area contributed by atoms with Crippen LogP contribution in [0.25, 0.3) is 0 Å². The molecular formula is H4O7STi. The first kappa shape index (κ1) is 34.0. The monoisotopic (exact) mass is 196 g/mol. The van der Waals surface area contributed by atoms with Gasteiger partial charge in [-0.15, -0.1) is 0 Å². The van der Waals surface area contributed by atoms with Gasteiger partial charge >= 0.3 is 32.1 Å². The minimum atomic E-state index is -4.67. The first-order valence-electron chi connectivity index (χ1n) is 0.698. The Morgan fingerprint density at radius 3 is 1.00 bits per heavy atom. The Labute approximate surface area is 66.5 Å². The van der Waals surface area contributed by atoms with E-state index in [9.17, 15) is 0 Å². The van der Waals surface area contributed by atoms with Gasteiger partial charge in [-0.2, -0.15) is 8.42 Å². The molecule has 0 amide bonds. The van der Waals surface area contributed by atoms with Gasteiger partial charge in [0, 0.05) is 0 Å². The summed E-state index contributed by atoms with van der Waals surface area (Å²) in [6.45, 7) is 0. The van der Waals surface area contributed by atoms with Crippen LogP contribution in [0.2, 0.25) is 0 Å². The molecule has 0 spiro atoms. The molecule has 0 fully saturated rings. The predicted molar refractivity (Wildman–Crippen MR) is 19.2 cm³/mol. The molecule has 0 saturated carbocycles. The van der Waals surface area contributed by atoms with Crippen LogP contribution < -0.4 is 0 Å². The van der Waals surface area contributed by atoms with E-state index in [-0.39, 0.29) is 38.1 Å². The third-order valence-corrected chi connectivity index (χ3v) is 0. The van der Waals surface area contributed by atoms with Crippen LogP contribution in [0.1, 0.15) is 0 Å². The van der Waals surface area contributed by atoms with Gasteiger partial charge in [-0.3, -0.25) is 9.11 Å². The summed E-state index contributed by atoms with van der Waals surface area (Å²) < 4.78 is 31.6. The molecule has 0 aliphatic carbocycles. The average molecular weight is 196 g/mol. The molecule has 0 aromatic heterocycles. The zero-order valence-corrected chi connectivity index (χ0v) is 6.31. The first-order valence-corrected chi connectivity index (χ1v) is 2.10. The number of rotatable bonds is 0. The van der Waals surface area contributed by atoms with Gasteiger partial charge in [0.15, 0.2) is 0 Å². The fourth-order valence-electron chi connectivity index (χ4n) is 0. The second kappa shape index (κ2) is 11.3. The molecule has 7 nitrogen and oxygen atoms in total. The van der Waals surface area contributed by atoms with Gasteiger partial charge in [-0.05, 0) is 0 Å². The van der Waals surface area contributed by atoms with E-state index in [0.717, 1.165) is 0 Å². The van der Waals surface area contributed by atoms with Crippen molar-refractivity contribution in [1.29, 1.82) is 0 Å². The van der Waals surface area contributed by atoms with Crippen LogP contribution in [0.4, 0.5) is 0 Å². The maximum Gasteiger partial charge on any atom is 4.00 e. The molecule has 56 valence electrons. The zero-order chi connectivity index (χ0) is 4.50. The molecule has 0 aromatic carbocycles. The summed E-state index contributed by atoms with van der Waals surface area (Å²) in [6, 6.07) is 0. The van der Waals surface area contributed by atoms with Crippen molar-refractivity contribution >= 4 is 10.4 Å². The molecule has 0 saturated heterocycles. The van der Waals surface area contributed by atoms with Crippen molar-refractivity contribution in [3.63, 3.8) is 0 Å². The largest absolute Gasteiger partial charge is 4.00 e. The van der Waals surface area contributed by atoms with Crippen molar-refractivity contribution in [3.05, 3.63) is 0 Å². The molecule has 0 rings (SSSR count). The Morgan fingerprint density at radius 1 is 1.00 bits per heavy atom. The van der Waals surface area contributed by atoms with Crippen LogP contribution in [0, 0.1) is 0 Å². The van der Waals surface area contributed by atoms with Gasteiger partial charge in [0.2, 0.25) is 0 Å². The fraction of sp³-hybridized carbons (Fsp3) is 0. The smallest absolute Gasteiger partial charge is 2.00 e. The predicted octanol–water partition coefficient (Wildman–Crippen LogP) is -1.72. The maximum atomic E-state index is 8.74. The summed E-state index contributed by atoms with van der Waals surface area (Å²) in [6.07, 6.45) is 0. The molecule has 0 aliphatic heterocycles. The molecule has 0 heterocycles. The normalized spacial score (nSPS) is 6.44. The Morgan fingerprint density at radius 2 is 1.00 bits per heavy atom. The van der Waals surface area contributed by atoms with Gasteiger partial charge < -0.3 is 16.4 Å². The SMILES string of the molecule is O.O=S(=O)(O)O.[O-2].[O-2].[Ti+4]. The summed E-state index contributed by atoms with van der Waals surface area (Å²) in [5.41, 5.74) is 0. The number of hydrogen-bond donors (Lipinski definition) is 2. The molecule has 0 bridgehead atoms. The summed E-state index contributed by atoms with van der Waals surface area (Å²) in [5, 5.41) is 0. The van der Waals surface area contributed by atoms with Crippen LogP contribution in [-0.4, -0.2) is 23.0 Å².